The van der Waals surface area contributed by atoms with E-state index >= 15 is 0 Å². The number of thioether (sulfide) groups is 1. The molecule has 0 saturated heterocycles. The average Bonchev–Trinajstić information content (AvgIpc) is 3.15. The summed E-state index contributed by atoms with van der Waals surface area (Å²) in [4.78, 5) is 16.6. The van der Waals surface area contributed by atoms with Crippen molar-refractivity contribution in [2.24, 2.45) is 7.05 Å². The molecule has 150 valence electrons. The standard InChI is InChI=1S/C22H19N5O2S/c1-27-21(19-9-5-6-14-23-19)25-26-22(27)30-15-20(28)24-16-10-12-18(13-11-16)29-17-7-3-2-4-8-17/h2-14H,15H2,1H3,(H,24,28). The van der Waals surface area contributed by atoms with Crippen molar-refractivity contribution in [1.82, 2.24) is 19.7 Å². The molecule has 4 aromatic rings. The molecule has 0 fully saturated rings. The monoisotopic (exact) mass is 417 g/mol. The number of benzene rings is 2. The van der Waals surface area contributed by atoms with E-state index in [9.17, 15) is 4.79 Å². The fourth-order valence-electron chi connectivity index (χ4n) is 2.72. The van der Waals surface area contributed by atoms with E-state index in [1.165, 1.54) is 11.8 Å². The number of hydrogen-bond donors (Lipinski definition) is 1. The fourth-order valence-corrected chi connectivity index (χ4v) is 3.43. The van der Waals surface area contributed by atoms with Crippen molar-refractivity contribution < 1.29 is 9.53 Å². The number of pyridine rings is 1. The molecule has 0 spiro atoms. The molecule has 1 N–H and O–H groups in total. The minimum absolute atomic E-state index is 0.126. The highest BCUT2D eigenvalue weighted by Gasteiger charge is 2.13. The van der Waals surface area contributed by atoms with Gasteiger partial charge in [0.05, 0.1) is 5.75 Å². The molecule has 30 heavy (non-hydrogen) atoms. The molecule has 0 unspecified atom stereocenters. The van der Waals surface area contributed by atoms with Gasteiger partial charge < -0.3 is 14.6 Å². The molecule has 0 saturated carbocycles. The highest BCUT2D eigenvalue weighted by atomic mass is 32.2. The number of carbonyl (C=O) groups is 1. The molecule has 4 rings (SSSR count). The van der Waals surface area contributed by atoms with Crippen LogP contribution in [0.5, 0.6) is 11.5 Å². The van der Waals surface area contributed by atoms with E-state index in [2.05, 4.69) is 20.5 Å². The Morgan fingerprint density at radius 1 is 0.967 bits per heavy atom. The molecule has 8 heteroatoms. The molecule has 7 nitrogen and oxygen atoms in total. The van der Waals surface area contributed by atoms with E-state index in [0.717, 1.165) is 11.4 Å². The summed E-state index contributed by atoms with van der Waals surface area (Å²) >= 11 is 1.32. The summed E-state index contributed by atoms with van der Waals surface area (Å²) in [6.07, 6.45) is 1.71. The molecule has 0 aliphatic carbocycles. The predicted octanol–water partition coefficient (Wildman–Crippen LogP) is 4.40. The predicted molar refractivity (Wildman–Crippen MR) is 117 cm³/mol. The number of ether oxygens (including phenoxy) is 1. The second-order valence-electron chi connectivity index (χ2n) is 6.36. The number of hydrogen-bond acceptors (Lipinski definition) is 6. The van der Waals surface area contributed by atoms with Crippen LogP contribution in [0.4, 0.5) is 5.69 Å². The lowest BCUT2D eigenvalue weighted by Crippen LogP contribution is -2.14. The van der Waals surface area contributed by atoms with Gasteiger partial charge in [0, 0.05) is 18.9 Å². The summed E-state index contributed by atoms with van der Waals surface area (Å²) in [5.74, 6) is 2.22. The maximum Gasteiger partial charge on any atom is 0.234 e. The Balaban J connectivity index is 1.31. The topological polar surface area (TPSA) is 81.9 Å². The molecule has 0 aliphatic heterocycles. The van der Waals surface area contributed by atoms with Gasteiger partial charge >= 0.3 is 0 Å². The Hall–Kier alpha value is -3.65. The molecule has 2 aromatic carbocycles. The number of nitrogens with one attached hydrogen (secondary N) is 1. The second kappa shape index (κ2) is 9.23. The van der Waals surface area contributed by atoms with Gasteiger partial charge in [-0.15, -0.1) is 10.2 Å². The first-order valence-corrected chi connectivity index (χ1v) is 10.2. The van der Waals surface area contributed by atoms with Crippen LogP contribution in [0.2, 0.25) is 0 Å². The molecule has 2 aromatic heterocycles. The maximum atomic E-state index is 12.3. The smallest absolute Gasteiger partial charge is 0.234 e. The van der Waals surface area contributed by atoms with E-state index in [1.54, 1.807) is 6.20 Å². The number of para-hydroxylation sites is 1. The van der Waals surface area contributed by atoms with Gasteiger partial charge in [-0.2, -0.15) is 0 Å². The van der Waals surface area contributed by atoms with Gasteiger partial charge in [-0.3, -0.25) is 9.78 Å². The van der Waals surface area contributed by atoms with Crippen LogP contribution in [0.3, 0.4) is 0 Å². The van der Waals surface area contributed by atoms with E-state index in [1.807, 2.05) is 84.4 Å². The molecule has 2 heterocycles. The summed E-state index contributed by atoms with van der Waals surface area (Å²) in [6.45, 7) is 0. The third-order valence-corrected chi connectivity index (χ3v) is 5.20. The van der Waals surface area contributed by atoms with Crippen LogP contribution in [0.1, 0.15) is 0 Å². The van der Waals surface area contributed by atoms with Gasteiger partial charge in [0.25, 0.3) is 0 Å². The highest BCUT2D eigenvalue weighted by Crippen LogP contribution is 2.24. The van der Waals surface area contributed by atoms with Crippen LogP contribution >= 0.6 is 11.8 Å². The number of aromatic nitrogens is 4. The Morgan fingerprint density at radius 2 is 1.70 bits per heavy atom. The summed E-state index contributed by atoms with van der Waals surface area (Å²) < 4.78 is 7.59. The zero-order valence-corrected chi connectivity index (χ0v) is 17.0. The molecular formula is C22H19N5O2S. The molecule has 0 atom stereocenters. The number of amides is 1. The van der Waals surface area contributed by atoms with E-state index in [-0.39, 0.29) is 11.7 Å². The van der Waals surface area contributed by atoms with Crippen LogP contribution in [-0.2, 0) is 11.8 Å². The Bertz CT molecular complexity index is 1120. The van der Waals surface area contributed by atoms with E-state index in [0.29, 0.717) is 22.4 Å². The first-order valence-electron chi connectivity index (χ1n) is 9.25. The van der Waals surface area contributed by atoms with Gasteiger partial charge in [0.1, 0.15) is 17.2 Å². The minimum atomic E-state index is -0.126. The number of carbonyl (C=O) groups excluding carboxylic acids is 1. The lowest BCUT2D eigenvalue weighted by Gasteiger charge is -2.08. The quantitative estimate of drug-likeness (QED) is 0.449. The minimum Gasteiger partial charge on any atom is -0.457 e. The van der Waals surface area contributed by atoms with Crippen molar-refractivity contribution in [3.8, 4) is 23.0 Å². The summed E-state index contributed by atoms with van der Waals surface area (Å²) in [6, 6.07) is 22.4. The van der Waals surface area contributed by atoms with Gasteiger partial charge in [-0.25, -0.2) is 0 Å². The lowest BCUT2D eigenvalue weighted by atomic mass is 10.3. The third kappa shape index (κ3) is 4.84. The van der Waals surface area contributed by atoms with E-state index in [4.69, 9.17) is 4.74 Å². The molecule has 0 bridgehead atoms. The van der Waals surface area contributed by atoms with Crippen molar-refractivity contribution in [2.45, 2.75) is 5.16 Å². The van der Waals surface area contributed by atoms with Crippen LogP contribution in [-0.4, -0.2) is 31.4 Å². The van der Waals surface area contributed by atoms with Crippen molar-refractivity contribution in [3.63, 3.8) is 0 Å². The number of anilines is 1. The van der Waals surface area contributed by atoms with Crippen LogP contribution in [0.15, 0.2) is 84.1 Å². The Labute approximate surface area is 178 Å². The van der Waals surface area contributed by atoms with E-state index < -0.39 is 0 Å². The van der Waals surface area contributed by atoms with Crippen molar-refractivity contribution >= 4 is 23.4 Å². The molecule has 0 radical (unpaired) electrons. The van der Waals surface area contributed by atoms with Crippen molar-refractivity contribution in [1.29, 1.82) is 0 Å². The maximum absolute atomic E-state index is 12.3. The second-order valence-corrected chi connectivity index (χ2v) is 7.30. The van der Waals surface area contributed by atoms with Crippen LogP contribution < -0.4 is 10.1 Å². The first kappa shape index (κ1) is 19.7. The molecule has 1 amide bonds. The lowest BCUT2D eigenvalue weighted by molar-refractivity contribution is -0.113. The molecule has 0 aliphatic rings. The highest BCUT2D eigenvalue weighted by molar-refractivity contribution is 7.99. The SMILES string of the molecule is Cn1c(SCC(=O)Nc2ccc(Oc3ccccc3)cc2)nnc1-c1ccccn1. The zero-order valence-electron chi connectivity index (χ0n) is 16.2. The zero-order chi connectivity index (χ0) is 20.8. The summed E-state index contributed by atoms with van der Waals surface area (Å²) in [5, 5.41) is 11.9. The first-order chi connectivity index (χ1) is 14.7. The van der Waals surface area contributed by atoms with Crippen LogP contribution in [0, 0.1) is 0 Å². The van der Waals surface area contributed by atoms with Gasteiger partial charge in [0.15, 0.2) is 11.0 Å². The number of nitrogens with zero attached hydrogens (tertiary/aromatic N) is 4. The Morgan fingerprint density at radius 3 is 2.43 bits per heavy atom. The number of rotatable bonds is 7. The van der Waals surface area contributed by atoms with Gasteiger partial charge in [-0.1, -0.05) is 36.0 Å². The van der Waals surface area contributed by atoms with Gasteiger partial charge in [0.2, 0.25) is 5.91 Å². The van der Waals surface area contributed by atoms with Gasteiger partial charge in [-0.05, 0) is 48.5 Å². The molecular weight excluding hydrogens is 398 g/mol. The fraction of sp³-hybridized carbons (Fsp3) is 0.0909. The Kier molecular flexibility index (Phi) is 6.05. The van der Waals surface area contributed by atoms with Crippen molar-refractivity contribution in [2.75, 3.05) is 11.1 Å². The largest absolute Gasteiger partial charge is 0.457 e. The van der Waals surface area contributed by atoms with Crippen molar-refractivity contribution in [3.05, 3.63) is 79.0 Å². The van der Waals surface area contributed by atoms with Crippen LogP contribution in [0.25, 0.3) is 11.5 Å². The summed E-state index contributed by atoms with van der Waals surface area (Å²) in [5.41, 5.74) is 1.44. The average molecular weight is 417 g/mol. The normalized spacial score (nSPS) is 10.6. The third-order valence-electron chi connectivity index (χ3n) is 4.18. The summed E-state index contributed by atoms with van der Waals surface area (Å²) in [7, 11) is 1.86.